The Morgan fingerprint density at radius 2 is 1.01 bits per heavy atom. The first-order chi connectivity index (χ1) is 37.7. The van der Waals surface area contributed by atoms with Crippen molar-refractivity contribution in [2.24, 2.45) is 4.99 Å². The Labute approximate surface area is 441 Å². The zero-order valence-corrected chi connectivity index (χ0v) is 41.8. The maximum atomic E-state index is 6.81. The number of fused-ring (bicyclic) bond motifs is 19. The first kappa shape index (κ1) is 42.1. The zero-order chi connectivity index (χ0) is 49.6. The number of hydrogen-bond acceptors (Lipinski definition) is 5. The van der Waals surface area contributed by atoms with Crippen LogP contribution in [0.4, 0.5) is 0 Å². The maximum absolute atomic E-state index is 6.81. The Bertz CT molecular complexity index is 4690. The number of amidine groups is 1. The number of rotatable bonds is 5. The predicted molar refractivity (Wildman–Crippen MR) is 314 cm³/mol. The fraction of sp³-hybridized carbons (Fsp3) is 0.0429. The molecule has 0 radical (unpaired) electrons. The number of aliphatic imine (C=N–C) groups is 1. The highest BCUT2D eigenvalue weighted by molar-refractivity contribution is 7.25. The van der Waals surface area contributed by atoms with E-state index in [4.69, 9.17) is 9.41 Å². The van der Waals surface area contributed by atoms with Crippen LogP contribution in [0.1, 0.15) is 51.3 Å². The molecule has 0 bridgehead atoms. The number of furan rings is 1. The van der Waals surface area contributed by atoms with Gasteiger partial charge >= 0.3 is 0 Å². The standard InChI is InChI=1S/C70H44N4OS/c1-2-15-41(16-3-1)67-71-68(44-31-33-49-48-19-6-11-25-58(48)70(59(49)37-44)56-23-9-4-17-46(56)47-18-5-10-24-57(47)70)73-69(72-67)55-22-14-28-62-66(55)54-35-30-42(38-63(54)75-62)43-29-34-52-53-36-32-45(40-65(53)76-64(52)39-43)74-60-26-12-7-20-50(60)51-21-8-13-27-61(51)74/h1-40,67,69,72H,(H,71,73). The number of aromatic nitrogens is 1. The molecule has 1 spiro atoms. The molecule has 0 fully saturated rings. The molecule has 17 rings (SSSR count). The van der Waals surface area contributed by atoms with Crippen molar-refractivity contribution in [2.45, 2.75) is 17.7 Å². The van der Waals surface area contributed by atoms with Crippen LogP contribution >= 0.6 is 11.3 Å². The first-order valence-corrected chi connectivity index (χ1v) is 27.0. The second-order valence-corrected chi connectivity index (χ2v) is 21.7. The van der Waals surface area contributed by atoms with Gasteiger partial charge in [-0.1, -0.05) is 188 Å². The van der Waals surface area contributed by atoms with E-state index in [0.717, 1.165) is 55.6 Å². The van der Waals surface area contributed by atoms with Gasteiger partial charge < -0.3 is 14.3 Å². The summed E-state index contributed by atoms with van der Waals surface area (Å²) in [6.07, 6.45) is -0.598. The molecule has 76 heavy (non-hydrogen) atoms. The van der Waals surface area contributed by atoms with Crippen LogP contribution in [0, 0.1) is 0 Å². The third-order valence-electron chi connectivity index (χ3n) is 16.7. The Morgan fingerprint density at radius 1 is 0.434 bits per heavy atom. The summed E-state index contributed by atoms with van der Waals surface area (Å²) in [6.45, 7) is 0. The van der Waals surface area contributed by atoms with Gasteiger partial charge in [0.2, 0.25) is 0 Å². The number of thiophene rings is 1. The third-order valence-corrected chi connectivity index (χ3v) is 17.8. The lowest BCUT2D eigenvalue weighted by Gasteiger charge is -2.33. The zero-order valence-electron chi connectivity index (χ0n) is 41.0. The van der Waals surface area contributed by atoms with Gasteiger partial charge in [-0.25, -0.2) is 4.99 Å². The summed E-state index contributed by atoms with van der Waals surface area (Å²) in [4.78, 5) is 5.62. The predicted octanol–water partition coefficient (Wildman–Crippen LogP) is 17.4. The molecule has 0 saturated heterocycles. The average Bonchev–Trinajstić information content (AvgIpc) is 4.31. The average molecular weight is 989 g/mol. The minimum absolute atomic E-state index is 0.213. The molecular weight excluding hydrogens is 945 g/mol. The van der Waals surface area contributed by atoms with Crippen molar-refractivity contribution in [2.75, 3.05) is 0 Å². The van der Waals surface area contributed by atoms with Gasteiger partial charge in [0.1, 0.15) is 29.3 Å². The molecule has 2 aliphatic carbocycles. The molecule has 0 amide bonds. The van der Waals surface area contributed by atoms with Crippen molar-refractivity contribution < 1.29 is 4.42 Å². The Balaban J connectivity index is 0.764. The van der Waals surface area contributed by atoms with E-state index < -0.39 is 5.41 Å². The van der Waals surface area contributed by atoms with Crippen molar-refractivity contribution in [3.8, 4) is 39.1 Å². The topological polar surface area (TPSA) is 54.5 Å². The second-order valence-electron chi connectivity index (χ2n) is 20.6. The van der Waals surface area contributed by atoms with E-state index in [1.54, 1.807) is 0 Å². The van der Waals surface area contributed by atoms with E-state index in [9.17, 15) is 0 Å². The van der Waals surface area contributed by atoms with E-state index in [2.05, 4.69) is 258 Å². The molecule has 2 atom stereocenters. The lowest BCUT2D eigenvalue weighted by Crippen LogP contribution is -2.45. The number of hydrogen-bond donors (Lipinski definition) is 2. The highest BCUT2D eigenvalue weighted by Crippen LogP contribution is 2.63. The van der Waals surface area contributed by atoms with Crippen molar-refractivity contribution in [3.63, 3.8) is 0 Å². The molecule has 14 aromatic rings. The lowest BCUT2D eigenvalue weighted by atomic mass is 9.70. The highest BCUT2D eigenvalue weighted by Gasteiger charge is 2.51. The molecule has 2 unspecified atom stereocenters. The monoisotopic (exact) mass is 988 g/mol. The summed E-state index contributed by atoms with van der Waals surface area (Å²) in [5.74, 6) is 0.845. The van der Waals surface area contributed by atoms with Crippen molar-refractivity contribution >= 4 is 81.1 Å². The van der Waals surface area contributed by atoms with Crippen molar-refractivity contribution in [1.29, 1.82) is 0 Å². The van der Waals surface area contributed by atoms with Gasteiger partial charge in [-0.15, -0.1) is 11.3 Å². The molecule has 6 heteroatoms. The van der Waals surface area contributed by atoms with Gasteiger partial charge in [-0.2, -0.15) is 0 Å². The minimum atomic E-state index is -0.454. The van der Waals surface area contributed by atoms with Gasteiger partial charge in [-0.3, -0.25) is 5.32 Å². The number of benzene rings is 11. The number of nitrogens with one attached hydrogen (secondary N) is 2. The molecular formula is C70H44N4OS. The number of nitrogens with zero attached hydrogens (tertiary/aromatic N) is 2. The van der Waals surface area contributed by atoms with Crippen LogP contribution in [0.15, 0.2) is 252 Å². The SMILES string of the molecule is c1ccc(C2NC(c3ccc4c(c3)C3(c5ccccc5-c5ccccc53)c3ccccc3-4)=NC(c3cccc4oc5cc(-c6ccc7c(c6)sc6cc(-n8c9ccccc9c9ccccc98)ccc67)ccc5c34)N2)cc1. The Hall–Kier alpha value is -9.33. The van der Waals surface area contributed by atoms with Crippen LogP contribution in [-0.4, -0.2) is 10.4 Å². The molecule has 4 heterocycles. The largest absolute Gasteiger partial charge is 0.456 e. The molecule has 5 nitrogen and oxygen atoms in total. The highest BCUT2D eigenvalue weighted by atomic mass is 32.1. The van der Waals surface area contributed by atoms with E-state index >= 15 is 0 Å². The van der Waals surface area contributed by atoms with Gasteiger partial charge in [0.05, 0.1) is 16.4 Å². The van der Waals surface area contributed by atoms with Crippen molar-refractivity contribution in [3.05, 3.63) is 282 Å². The number of para-hydroxylation sites is 2. The van der Waals surface area contributed by atoms with Gasteiger partial charge in [-0.05, 0) is 116 Å². The van der Waals surface area contributed by atoms with Crippen LogP contribution < -0.4 is 10.6 Å². The lowest BCUT2D eigenvalue weighted by molar-refractivity contribution is 0.410. The summed E-state index contributed by atoms with van der Waals surface area (Å²) in [5.41, 5.74) is 20.8. The van der Waals surface area contributed by atoms with Gasteiger partial charge in [0.25, 0.3) is 0 Å². The minimum Gasteiger partial charge on any atom is -0.456 e. The van der Waals surface area contributed by atoms with Crippen LogP contribution in [0.2, 0.25) is 0 Å². The summed E-state index contributed by atoms with van der Waals surface area (Å²) >= 11 is 1.86. The van der Waals surface area contributed by atoms with E-state index in [0.29, 0.717) is 0 Å². The van der Waals surface area contributed by atoms with E-state index in [-0.39, 0.29) is 12.3 Å². The third kappa shape index (κ3) is 5.85. The molecule has 1 aliphatic heterocycles. The maximum Gasteiger partial charge on any atom is 0.136 e. The van der Waals surface area contributed by atoms with Crippen LogP contribution in [0.3, 0.4) is 0 Å². The van der Waals surface area contributed by atoms with Crippen LogP contribution in [0.5, 0.6) is 0 Å². The van der Waals surface area contributed by atoms with Gasteiger partial charge in [0.15, 0.2) is 0 Å². The Kier molecular flexibility index (Phi) is 8.77. The van der Waals surface area contributed by atoms with Crippen molar-refractivity contribution in [1.82, 2.24) is 15.2 Å². The fourth-order valence-corrected chi connectivity index (χ4v) is 14.6. The fourth-order valence-electron chi connectivity index (χ4n) is 13.5. The molecule has 3 aliphatic rings. The van der Waals surface area contributed by atoms with Gasteiger partial charge in [0, 0.05) is 58.5 Å². The second kappa shape index (κ2) is 15.8. The quantitative estimate of drug-likeness (QED) is 0.181. The van der Waals surface area contributed by atoms with Crippen LogP contribution in [-0.2, 0) is 5.41 Å². The molecule has 0 saturated carbocycles. The molecule has 356 valence electrons. The summed E-state index contributed by atoms with van der Waals surface area (Å²) in [5, 5.41) is 15.0. The smallest absolute Gasteiger partial charge is 0.136 e. The molecule has 2 N–H and O–H groups in total. The van der Waals surface area contributed by atoms with Crippen LogP contribution in [0.25, 0.3) is 103 Å². The molecule has 11 aromatic carbocycles. The normalized spacial score (nSPS) is 16.1. The summed E-state index contributed by atoms with van der Waals surface area (Å²) < 4.78 is 11.8. The molecule has 3 aromatic heterocycles. The Morgan fingerprint density at radius 3 is 1.72 bits per heavy atom. The first-order valence-electron chi connectivity index (χ1n) is 26.2. The van der Waals surface area contributed by atoms with E-state index in [1.807, 2.05) is 11.3 Å². The van der Waals surface area contributed by atoms with E-state index in [1.165, 1.54) is 92.2 Å². The summed E-state index contributed by atoms with van der Waals surface area (Å²) in [6, 6.07) is 89.0. The summed E-state index contributed by atoms with van der Waals surface area (Å²) in [7, 11) is 0.